The van der Waals surface area contributed by atoms with E-state index >= 15 is 0 Å². The van der Waals surface area contributed by atoms with E-state index in [1.807, 2.05) is 0 Å². The maximum absolute atomic E-state index is 13.9. The van der Waals surface area contributed by atoms with Crippen LogP contribution in [0.15, 0.2) is 28.8 Å². The van der Waals surface area contributed by atoms with Crippen LogP contribution in [0.5, 0.6) is 0 Å². The van der Waals surface area contributed by atoms with Crippen LogP contribution in [0.2, 0.25) is 0 Å². The van der Waals surface area contributed by atoms with Gasteiger partial charge in [-0.1, -0.05) is 17.3 Å². The Kier molecular flexibility index (Phi) is 5.59. The van der Waals surface area contributed by atoms with Crippen molar-refractivity contribution in [3.63, 3.8) is 0 Å². The highest BCUT2D eigenvalue weighted by Gasteiger charge is 2.46. The zero-order valence-corrected chi connectivity index (χ0v) is 15.1. The minimum absolute atomic E-state index is 0.0152. The number of piperidine rings is 1. The molecule has 0 bridgehead atoms. The van der Waals surface area contributed by atoms with Crippen molar-refractivity contribution >= 4 is 12.0 Å². The minimum atomic E-state index is -2.38. The SMILES string of the molecule is Cc1cc(CNC(=O)OC2(O)CCCN(Cc3cccc(F)c3F)C2=O)no1. The second-order valence-electron chi connectivity index (χ2n) is 6.50. The summed E-state index contributed by atoms with van der Waals surface area (Å²) in [7, 11) is 0. The third-order valence-electron chi connectivity index (χ3n) is 4.31. The van der Waals surface area contributed by atoms with Crippen LogP contribution in [0.4, 0.5) is 13.6 Å². The summed E-state index contributed by atoms with van der Waals surface area (Å²) < 4.78 is 37.0. The number of alkyl carbamates (subject to hydrolysis) is 1. The standard InChI is InChI=1S/C18H19F2N3O5/c1-11-8-13(22-28-11)9-21-17(25)27-18(26)6-3-7-23(16(18)24)10-12-4-2-5-14(19)15(12)20/h2,4-5,8,26H,3,6-7,9-10H2,1H3,(H,21,25). The number of halogens is 2. The van der Waals surface area contributed by atoms with Gasteiger partial charge in [-0.15, -0.1) is 0 Å². The fourth-order valence-electron chi connectivity index (χ4n) is 2.94. The summed E-state index contributed by atoms with van der Waals surface area (Å²) in [5, 5.41) is 16.6. The number of likely N-dealkylation sites (tertiary alicyclic amines) is 1. The first-order chi connectivity index (χ1) is 13.3. The number of carbonyl (C=O) groups is 2. The minimum Gasteiger partial charge on any atom is -0.407 e. The number of aliphatic hydroxyl groups is 1. The zero-order valence-electron chi connectivity index (χ0n) is 15.1. The number of aryl methyl sites for hydroxylation is 1. The van der Waals surface area contributed by atoms with Crippen LogP contribution in [-0.2, 0) is 22.6 Å². The largest absolute Gasteiger partial charge is 0.410 e. The Bertz CT molecular complexity index is 888. The van der Waals surface area contributed by atoms with Crippen molar-refractivity contribution in [2.45, 2.75) is 38.6 Å². The van der Waals surface area contributed by atoms with Crippen LogP contribution >= 0.6 is 0 Å². The maximum Gasteiger partial charge on any atom is 0.410 e. The van der Waals surface area contributed by atoms with Gasteiger partial charge in [-0.05, 0) is 19.4 Å². The van der Waals surface area contributed by atoms with E-state index in [0.717, 1.165) is 11.0 Å². The molecule has 1 unspecified atom stereocenters. The first-order valence-corrected chi connectivity index (χ1v) is 8.62. The van der Waals surface area contributed by atoms with Gasteiger partial charge in [-0.2, -0.15) is 0 Å². The van der Waals surface area contributed by atoms with E-state index in [1.165, 1.54) is 12.1 Å². The van der Waals surface area contributed by atoms with Gasteiger partial charge in [0, 0.05) is 31.1 Å². The van der Waals surface area contributed by atoms with Crippen molar-refractivity contribution in [1.82, 2.24) is 15.4 Å². The van der Waals surface area contributed by atoms with Gasteiger partial charge in [0.05, 0.1) is 6.54 Å². The number of nitrogens with zero attached hydrogens (tertiary/aromatic N) is 2. The molecule has 0 aliphatic carbocycles. The number of amides is 2. The Morgan fingerprint density at radius 1 is 1.46 bits per heavy atom. The number of aromatic nitrogens is 1. The van der Waals surface area contributed by atoms with Crippen molar-refractivity contribution in [2.75, 3.05) is 6.54 Å². The topological polar surface area (TPSA) is 105 Å². The number of hydrogen-bond donors (Lipinski definition) is 2. The van der Waals surface area contributed by atoms with Crippen molar-refractivity contribution < 1.29 is 32.7 Å². The van der Waals surface area contributed by atoms with Crippen LogP contribution in [-0.4, -0.2) is 39.5 Å². The second kappa shape index (κ2) is 7.93. The Morgan fingerprint density at radius 2 is 2.25 bits per heavy atom. The monoisotopic (exact) mass is 395 g/mol. The molecule has 1 fully saturated rings. The van der Waals surface area contributed by atoms with Crippen LogP contribution < -0.4 is 5.32 Å². The number of rotatable bonds is 5. The molecule has 1 saturated heterocycles. The third kappa shape index (κ3) is 4.28. The first kappa shape index (κ1) is 19.7. The van der Waals surface area contributed by atoms with Gasteiger partial charge in [0.1, 0.15) is 11.5 Å². The van der Waals surface area contributed by atoms with Gasteiger partial charge in [-0.3, -0.25) is 4.79 Å². The Labute approximate surface area is 159 Å². The molecule has 0 radical (unpaired) electrons. The molecular formula is C18H19F2N3O5. The summed E-state index contributed by atoms with van der Waals surface area (Å²) in [6, 6.07) is 5.24. The summed E-state index contributed by atoms with van der Waals surface area (Å²) in [6.07, 6.45) is -0.811. The van der Waals surface area contributed by atoms with E-state index in [9.17, 15) is 23.5 Å². The number of ether oxygens (including phenoxy) is 1. The third-order valence-corrected chi connectivity index (χ3v) is 4.31. The van der Waals surface area contributed by atoms with Gasteiger partial charge in [-0.25, -0.2) is 13.6 Å². The molecule has 10 heteroatoms. The lowest BCUT2D eigenvalue weighted by Gasteiger charge is -2.37. The highest BCUT2D eigenvalue weighted by molar-refractivity contribution is 5.86. The van der Waals surface area contributed by atoms with Gasteiger partial charge < -0.3 is 24.6 Å². The Hall–Kier alpha value is -3.01. The van der Waals surface area contributed by atoms with Crippen molar-refractivity contribution in [2.24, 2.45) is 0 Å². The number of carbonyl (C=O) groups excluding carboxylic acids is 2. The van der Waals surface area contributed by atoms with E-state index in [2.05, 4.69) is 10.5 Å². The molecule has 1 aliphatic heterocycles. The summed E-state index contributed by atoms with van der Waals surface area (Å²) in [5.41, 5.74) is 0.406. The molecular weight excluding hydrogens is 376 g/mol. The molecule has 28 heavy (non-hydrogen) atoms. The quantitative estimate of drug-likeness (QED) is 0.751. The Morgan fingerprint density at radius 3 is 2.96 bits per heavy atom. The molecule has 1 aromatic carbocycles. The molecule has 0 spiro atoms. The summed E-state index contributed by atoms with van der Waals surface area (Å²) in [4.78, 5) is 25.7. The zero-order chi connectivity index (χ0) is 20.3. The number of nitrogens with one attached hydrogen (secondary N) is 1. The lowest BCUT2D eigenvalue weighted by molar-refractivity contribution is -0.206. The molecule has 1 aliphatic rings. The van der Waals surface area contributed by atoms with E-state index in [-0.39, 0.29) is 31.6 Å². The number of benzene rings is 1. The van der Waals surface area contributed by atoms with Crippen molar-refractivity contribution in [3.8, 4) is 0 Å². The molecule has 1 atom stereocenters. The molecule has 2 aromatic rings. The predicted octanol–water partition coefficient (Wildman–Crippen LogP) is 2.00. The van der Waals surface area contributed by atoms with Crippen LogP contribution in [0.25, 0.3) is 0 Å². The number of hydrogen-bond acceptors (Lipinski definition) is 6. The van der Waals surface area contributed by atoms with Crippen molar-refractivity contribution in [1.29, 1.82) is 0 Å². The second-order valence-corrected chi connectivity index (χ2v) is 6.50. The normalized spacial score (nSPS) is 19.6. The Balaban J connectivity index is 1.63. The molecule has 3 rings (SSSR count). The molecule has 1 aromatic heterocycles. The van der Waals surface area contributed by atoms with Crippen LogP contribution in [0.1, 0.15) is 29.9 Å². The fraction of sp³-hybridized carbons (Fsp3) is 0.389. The summed E-state index contributed by atoms with van der Waals surface area (Å²) >= 11 is 0. The predicted molar refractivity (Wildman–Crippen MR) is 90.5 cm³/mol. The average Bonchev–Trinajstić information content (AvgIpc) is 3.06. The van der Waals surface area contributed by atoms with E-state index in [0.29, 0.717) is 17.9 Å². The smallest absolute Gasteiger partial charge is 0.407 e. The van der Waals surface area contributed by atoms with E-state index < -0.39 is 29.4 Å². The maximum atomic E-state index is 13.9. The molecule has 2 heterocycles. The lowest BCUT2D eigenvalue weighted by Crippen LogP contribution is -2.56. The molecule has 2 N–H and O–H groups in total. The van der Waals surface area contributed by atoms with Gasteiger partial charge in [0.25, 0.3) is 11.7 Å². The highest BCUT2D eigenvalue weighted by atomic mass is 19.2. The van der Waals surface area contributed by atoms with E-state index in [4.69, 9.17) is 9.26 Å². The van der Waals surface area contributed by atoms with Gasteiger partial charge >= 0.3 is 6.09 Å². The van der Waals surface area contributed by atoms with E-state index in [1.54, 1.807) is 13.0 Å². The molecule has 150 valence electrons. The van der Waals surface area contributed by atoms with Crippen LogP contribution in [0, 0.1) is 18.6 Å². The summed E-state index contributed by atoms with van der Waals surface area (Å²) in [6.45, 7) is 1.63. The fourth-order valence-corrected chi connectivity index (χ4v) is 2.94. The van der Waals surface area contributed by atoms with Gasteiger partial charge in [0.2, 0.25) is 0 Å². The van der Waals surface area contributed by atoms with Gasteiger partial charge in [0.15, 0.2) is 11.6 Å². The first-order valence-electron chi connectivity index (χ1n) is 8.62. The van der Waals surface area contributed by atoms with Crippen LogP contribution in [0.3, 0.4) is 0 Å². The highest BCUT2D eigenvalue weighted by Crippen LogP contribution is 2.26. The molecule has 8 nitrogen and oxygen atoms in total. The molecule has 0 saturated carbocycles. The van der Waals surface area contributed by atoms with Crippen molar-refractivity contribution in [3.05, 3.63) is 52.9 Å². The lowest BCUT2D eigenvalue weighted by atomic mass is 10.0. The summed E-state index contributed by atoms with van der Waals surface area (Å²) in [5.74, 6) is -4.81. The average molecular weight is 395 g/mol. The molecule has 2 amide bonds.